The fourth-order valence-corrected chi connectivity index (χ4v) is 2.32. The summed E-state index contributed by atoms with van der Waals surface area (Å²) in [5, 5.41) is 6.88. The smallest absolute Gasteiger partial charge is 0.122 e. The van der Waals surface area contributed by atoms with Gasteiger partial charge >= 0.3 is 0 Å². The highest BCUT2D eigenvalue weighted by Crippen LogP contribution is 2.20. The van der Waals surface area contributed by atoms with Crippen LogP contribution in [0.15, 0.2) is 16.5 Å². The van der Waals surface area contributed by atoms with Crippen LogP contribution in [0.5, 0.6) is 0 Å². The van der Waals surface area contributed by atoms with Crippen LogP contribution in [0.1, 0.15) is 17.6 Å². The zero-order valence-corrected chi connectivity index (χ0v) is 10.3. The number of hydrogen-bond donors (Lipinski definition) is 2. The number of nitrogens with zero attached hydrogens (tertiary/aromatic N) is 1. The van der Waals surface area contributed by atoms with Gasteiger partial charge < -0.3 is 20.0 Å². The van der Waals surface area contributed by atoms with E-state index in [9.17, 15) is 0 Å². The van der Waals surface area contributed by atoms with E-state index < -0.39 is 0 Å². The van der Waals surface area contributed by atoms with Crippen molar-refractivity contribution in [2.24, 2.45) is 0 Å². The van der Waals surface area contributed by atoms with Crippen LogP contribution in [0.25, 0.3) is 0 Å². The summed E-state index contributed by atoms with van der Waals surface area (Å²) in [5.74, 6) is 1.99. The van der Waals surface area contributed by atoms with Gasteiger partial charge in [0.2, 0.25) is 0 Å². The Morgan fingerprint density at radius 2 is 2.38 bits per heavy atom. The lowest BCUT2D eigenvalue weighted by molar-refractivity contribution is 0.199. The topological polar surface area (TPSA) is 40.4 Å². The van der Waals surface area contributed by atoms with Crippen LogP contribution in [0, 0.1) is 6.92 Å². The van der Waals surface area contributed by atoms with Gasteiger partial charge in [0.05, 0.1) is 6.04 Å². The molecule has 1 aromatic rings. The minimum atomic E-state index is 0.247. The first kappa shape index (κ1) is 11.6. The largest absolute Gasteiger partial charge is 0.465 e. The van der Waals surface area contributed by atoms with Crippen LogP contribution in [0.3, 0.4) is 0 Å². The van der Waals surface area contributed by atoms with Gasteiger partial charge in [0.1, 0.15) is 11.5 Å². The van der Waals surface area contributed by atoms with E-state index in [4.69, 9.17) is 4.42 Å². The van der Waals surface area contributed by atoms with Gasteiger partial charge in [0.15, 0.2) is 0 Å². The molecule has 2 N–H and O–H groups in total. The van der Waals surface area contributed by atoms with Gasteiger partial charge in [0, 0.05) is 25.7 Å². The Labute approximate surface area is 97.0 Å². The molecule has 1 aliphatic rings. The maximum atomic E-state index is 5.70. The molecule has 0 saturated carbocycles. The Morgan fingerprint density at radius 3 is 2.94 bits per heavy atom. The summed E-state index contributed by atoms with van der Waals surface area (Å²) >= 11 is 0. The Bertz CT molecular complexity index is 337. The summed E-state index contributed by atoms with van der Waals surface area (Å²) in [4.78, 5) is 2.35. The molecule has 0 amide bonds. The first-order valence-corrected chi connectivity index (χ1v) is 5.86. The lowest BCUT2D eigenvalue weighted by atomic mass is 10.0. The van der Waals surface area contributed by atoms with Gasteiger partial charge in [0.25, 0.3) is 0 Å². The van der Waals surface area contributed by atoms with Crippen molar-refractivity contribution in [1.29, 1.82) is 0 Å². The minimum absolute atomic E-state index is 0.247. The zero-order valence-electron chi connectivity index (χ0n) is 10.3. The molecule has 1 aromatic heterocycles. The predicted octanol–water partition coefficient (Wildman–Crippen LogP) is 0.752. The van der Waals surface area contributed by atoms with E-state index in [1.807, 2.05) is 20.0 Å². The molecule has 1 fully saturated rings. The monoisotopic (exact) mass is 223 g/mol. The minimum Gasteiger partial charge on any atom is -0.465 e. The molecular formula is C12H21N3O. The van der Waals surface area contributed by atoms with Gasteiger partial charge in [-0.25, -0.2) is 0 Å². The van der Waals surface area contributed by atoms with Crippen molar-refractivity contribution in [2.45, 2.75) is 19.0 Å². The third kappa shape index (κ3) is 2.45. The van der Waals surface area contributed by atoms with Crippen LogP contribution < -0.4 is 10.6 Å². The van der Waals surface area contributed by atoms with E-state index in [1.54, 1.807) is 0 Å². The van der Waals surface area contributed by atoms with Crippen molar-refractivity contribution in [3.8, 4) is 0 Å². The van der Waals surface area contributed by atoms with Crippen LogP contribution >= 0.6 is 0 Å². The van der Waals surface area contributed by atoms with Crippen LogP contribution in [0.4, 0.5) is 0 Å². The third-order valence-corrected chi connectivity index (χ3v) is 3.19. The van der Waals surface area contributed by atoms with E-state index in [0.717, 1.165) is 31.2 Å². The molecule has 0 spiro atoms. The van der Waals surface area contributed by atoms with Gasteiger partial charge in [-0.15, -0.1) is 0 Å². The van der Waals surface area contributed by atoms with E-state index in [0.29, 0.717) is 6.04 Å². The van der Waals surface area contributed by atoms with Crippen LogP contribution in [-0.2, 0) is 0 Å². The molecule has 2 heterocycles. The molecule has 2 rings (SSSR count). The maximum Gasteiger partial charge on any atom is 0.122 e. The first-order chi connectivity index (χ1) is 7.70. The molecule has 1 saturated heterocycles. The standard InChI is InChI=1S/C12H21N3O/c1-9-4-5-11(16-9)12(13-2)10-8-15(3)7-6-14-10/h4-5,10,12-14H,6-8H2,1-3H3. The zero-order chi connectivity index (χ0) is 11.5. The van der Waals surface area contributed by atoms with Crippen molar-refractivity contribution in [1.82, 2.24) is 15.5 Å². The summed E-state index contributed by atoms with van der Waals surface area (Å²) in [6.07, 6.45) is 0. The molecule has 90 valence electrons. The van der Waals surface area contributed by atoms with Crippen LogP contribution in [0.2, 0.25) is 0 Å². The Balaban J connectivity index is 2.09. The average Bonchev–Trinajstić information content (AvgIpc) is 2.66. The van der Waals surface area contributed by atoms with Crippen LogP contribution in [-0.4, -0.2) is 44.7 Å². The molecule has 0 aromatic carbocycles. The fourth-order valence-electron chi connectivity index (χ4n) is 2.32. The number of aryl methyl sites for hydroxylation is 1. The SMILES string of the molecule is CNC(c1ccc(C)o1)C1CN(C)CCN1. The lowest BCUT2D eigenvalue weighted by Crippen LogP contribution is -2.53. The number of hydrogen-bond acceptors (Lipinski definition) is 4. The van der Waals surface area contributed by atoms with Gasteiger partial charge in [-0.1, -0.05) is 0 Å². The molecule has 4 heteroatoms. The van der Waals surface area contributed by atoms with Crippen molar-refractivity contribution in [2.75, 3.05) is 33.7 Å². The molecular weight excluding hydrogens is 202 g/mol. The first-order valence-electron chi connectivity index (χ1n) is 5.86. The van der Waals surface area contributed by atoms with Crippen molar-refractivity contribution in [3.05, 3.63) is 23.7 Å². The van der Waals surface area contributed by atoms with E-state index in [-0.39, 0.29) is 6.04 Å². The van der Waals surface area contributed by atoms with E-state index in [1.165, 1.54) is 0 Å². The van der Waals surface area contributed by atoms with E-state index in [2.05, 4.69) is 28.6 Å². The fraction of sp³-hybridized carbons (Fsp3) is 0.667. The summed E-state index contributed by atoms with van der Waals surface area (Å²) in [5.41, 5.74) is 0. The summed E-state index contributed by atoms with van der Waals surface area (Å²) in [6.45, 7) is 5.19. The average molecular weight is 223 g/mol. The number of rotatable bonds is 3. The third-order valence-electron chi connectivity index (χ3n) is 3.19. The second kappa shape index (κ2) is 4.99. The number of furan rings is 1. The summed E-state index contributed by atoms with van der Waals surface area (Å²) in [6, 6.07) is 4.74. The highest BCUT2D eigenvalue weighted by atomic mass is 16.3. The normalized spacial score (nSPS) is 24.6. The van der Waals surface area contributed by atoms with Crippen molar-refractivity contribution in [3.63, 3.8) is 0 Å². The molecule has 0 bridgehead atoms. The summed E-state index contributed by atoms with van der Waals surface area (Å²) < 4.78 is 5.70. The lowest BCUT2D eigenvalue weighted by Gasteiger charge is -2.35. The molecule has 16 heavy (non-hydrogen) atoms. The Hall–Kier alpha value is -0.840. The second-order valence-electron chi connectivity index (χ2n) is 4.54. The molecule has 2 atom stereocenters. The van der Waals surface area contributed by atoms with Gasteiger partial charge in [-0.3, -0.25) is 0 Å². The second-order valence-corrected chi connectivity index (χ2v) is 4.54. The Morgan fingerprint density at radius 1 is 1.56 bits per heavy atom. The number of nitrogens with one attached hydrogen (secondary N) is 2. The Kier molecular flexibility index (Phi) is 3.63. The maximum absolute atomic E-state index is 5.70. The predicted molar refractivity (Wildman–Crippen MR) is 64.5 cm³/mol. The highest BCUT2D eigenvalue weighted by molar-refractivity contribution is 5.12. The van der Waals surface area contributed by atoms with Gasteiger partial charge in [-0.05, 0) is 33.2 Å². The molecule has 4 nitrogen and oxygen atoms in total. The number of piperazine rings is 1. The summed E-state index contributed by atoms with van der Waals surface area (Å²) in [7, 11) is 4.15. The molecule has 1 aliphatic heterocycles. The van der Waals surface area contributed by atoms with Gasteiger partial charge in [-0.2, -0.15) is 0 Å². The molecule has 2 unspecified atom stereocenters. The quantitative estimate of drug-likeness (QED) is 0.793. The molecule has 0 aliphatic carbocycles. The molecule has 0 radical (unpaired) electrons. The number of likely N-dealkylation sites (N-methyl/N-ethyl adjacent to an activating group) is 2. The van der Waals surface area contributed by atoms with Crippen molar-refractivity contribution < 1.29 is 4.42 Å². The van der Waals surface area contributed by atoms with E-state index >= 15 is 0 Å². The highest BCUT2D eigenvalue weighted by Gasteiger charge is 2.27. The van der Waals surface area contributed by atoms with Crippen molar-refractivity contribution >= 4 is 0 Å².